The highest BCUT2D eigenvalue weighted by Crippen LogP contribution is 2.24. The number of rotatable bonds is 36. The van der Waals surface area contributed by atoms with Gasteiger partial charge in [-0.05, 0) is 77.0 Å². The first-order chi connectivity index (χ1) is 29.0. The molecule has 6 atom stereocenters. The summed E-state index contributed by atoms with van der Waals surface area (Å²) in [5.41, 5.74) is 0. The molecule has 0 aromatic heterocycles. The lowest BCUT2D eigenvalue weighted by Gasteiger charge is -2.40. The van der Waals surface area contributed by atoms with E-state index in [4.69, 9.17) is 18.9 Å². The highest BCUT2D eigenvalue weighted by molar-refractivity contribution is 7.85. The van der Waals surface area contributed by atoms with Crippen LogP contribution in [0.4, 0.5) is 0 Å². The lowest BCUT2D eigenvalue weighted by Crippen LogP contribution is -2.60. The number of esters is 2. The summed E-state index contributed by atoms with van der Waals surface area (Å²) >= 11 is 0. The number of aliphatic hydroxyl groups is 3. The second-order valence-corrected chi connectivity index (χ2v) is 16.9. The Balaban J connectivity index is 2.52. The molecule has 0 radical (unpaired) electrons. The van der Waals surface area contributed by atoms with Gasteiger partial charge in [-0.3, -0.25) is 14.1 Å². The second-order valence-electron chi connectivity index (χ2n) is 15.4. The number of ether oxygens (including phenoxy) is 4. The number of allylic oxidation sites excluding steroid dienone is 12. The van der Waals surface area contributed by atoms with E-state index in [1.54, 1.807) is 0 Å². The molecule has 1 aliphatic rings. The van der Waals surface area contributed by atoms with E-state index in [0.717, 1.165) is 57.8 Å². The summed E-state index contributed by atoms with van der Waals surface area (Å²) in [6.07, 6.45) is 36.8. The quantitative estimate of drug-likeness (QED) is 0.0203. The number of unbranched alkanes of at least 4 members (excludes halogenated alkanes) is 12. The van der Waals surface area contributed by atoms with Crippen LogP contribution >= 0.6 is 0 Å². The molecule has 344 valence electrons. The minimum absolute atomic E-state index is 0.0892. The van der Waals surface area contributed by atoms with Crippen molar-refractivity contribution in [2.75, 3.05) is 19.0 Å². The van der Waals surface area contributed by atoms with Crippen molar-refractivity contribution in [2.45, 2.75) is 192 Å². The lowest BCUT2D eigenvalue weighted by molar-refractivity contribution is -0.297. The predicted molar refractivity (Wildman–Crippen MR) is 238 cm³/mol. The number of carbonyl (C=O) groups excluding carboxylic acids is 2. The fraction of sp³-hybridized carbons (Fsp3) is 0.702. The Morgan fingerprint density at radius 3 is 1.60 bits per heavy atom. The molecule has 0 aromatic rings. The van der Waals surface area contributed by atoms with Gasteiger partial charge in [0, 0.05) is 12.8 Å². The maximum absolute atomic E-state index is 12.8. The highest BCUT2D eigenvalue weighted by Gasteiger charge is 2.46. The van der Waals surface area contributed by atoms with Gasteiger partial charge in [0.2, 0.25) is 0 Å². The van der Waals surface area contributed by atoms with Gasteiger partial charge in [0.15, 0.2) is 12.4 Å². The summed E-state index contributed by atoms with van der Waals surface area (Å²) in [6, 6.07) is 0. The standard InChI is InChI=1S/C47H78O12S/c1-3-5-7-9-11-13-15-17-18-19-20-21-22-24-25-27-29-31-33-35-42(48)56-37-40(38-57-47-46(52)45(51)44(50)41(59-47)39-60(53,54)55)58-43(49)36-34-32-30-28-26-23-16-14-12-10-8-6-4-2/h11,13,17-18,20-21,23-26,29,31,40-41,44-47,50-52H,3-10,12,14-16,19,22,27-28,30,32-39H2,1-2H3,(H,53,54,55)/b13-11+,18-17+,21-20+,25-24+,26-23+,31-29+/t40-,41-,44-,45?,46?,47+/m1/s1. The van der Waals surface area contributed by atoms with E-state index in [1.807, 2.05) is 12.2 Å². The fourth-order valence-electron chi connectivity index (χ4n) is 6.24. The summed E-state index contributed by atoms with van der Waals surface area (Å²) in [5.74, 6) is -2.12. The summed E-state index contributed by atoms with van der Waals surface area (Å²) < 4.78 is 53.9. The average Bonchev–Trinajstić information content (AvgIpc) is 3.21. The first-order valence-corrected chi connectivity index (χ1v) is 24.1. The molecular formula is C47H78O12S. The van der Waals surface area contributed by atoms with Crippen LogP contribution in [0.1, 0.15) is 155 Å². The van der Waals surface area contributed by atoms with Crippen molar-refractivity contribution in [1.82, 2.24) is 0 Å². The van der Waals surface area contributed by atoms with E-state index < -0.39 is 71.2 Å². The molecule has 1 heterocycles. The van der Waals surface area contributed by atoms with Gasteiger partial charge in [-0.25, -0.2) is 0 Å². The van der Waals surface area contributed by atoms with Crippen molar-refractivity contribution in [3.05, 3.63) is 72.9 Å². The molecule has 12 nitrogen and oxygen atoms in total. The molecule has 4 N–H and O–H groups in total. The zero-order valence-electron chi connectivity index (χ0n) is 36.5. The molecule has 60 heavy (non-hydrogen) atoms. The van der Waals surface area contributed by atoms with E-state index in [2.05, 4.69) is 74.6 Å². The number of hydrogen-bond acceptors (Lipinski definition) is 11. The van der Waals surface area contributed by atoms with Crippen LogP contribution in [-0.4, -0.2) is 96.0 Å². The molecule has 0 amide bonds. The maximum atomic E-state index is 12.8. The Morgan fingerprint density at radius 1 is 0.567 bits per heavy atom. The third-order valence-corrected chi connectivity index (χ3v) is 10.5. The first-order valence-electron chi connectivity index (χ1n) is 22.5. The van der Waals surface area contributed by atoms with Crippen LogP contribution in [-0.2, 0) is 38.7 Å². The molecule has 0 spiro atoms. The Kier molecular flexibility index (Phi) is 33.7. The Morgan fingerprint density at radius 2 is 1.03 bits per heavy atom. The van der Waals surface area contributed by atoms with Crippen LogP contribution in [0, 0.1) is 0 Å². The van der Waals surface area contributed by atoms with Crippen LogP contribution in [0.5, 0.6) is 0 Å². The Bertz CT molecular complexity index is 1390. The normalized spacial score (nSPS) is 20.8. The summed E-state index contributed by atoms with van der Waals surface area (Å²) in [5, 5.41) is 30.8. The van der Waals surface area contributed by atoms with Crippen LogP contribution < -0.4 is 0 Å². The second kappa shape index (κ2) is 36.7. The fourth-order valence-corrected chi connectivity index (χ4v) is 6.93. The van der Waals surface area contributed by atoms with Crippen molar-refractivity contribution in [1.29, 1.82) is 0 Å². The van der Waals surface area contributed by atoms with E-state index in [-0.39, 0.29) is 19.4 Å². The summed E-state index contributed by atoms with van der Waals surface area (Å²) in [4.78, 5) is 25.3. The van der Waals surface area contributed by atoms with Crippen LogP contribution in [0.15, 0.2) is 72.9 Å². The van der Waals surface area contributed by atoms with Gasteiger partial charge >= 0.3 is 11.9 Å². The smallest absolute Gasteiger partial charge is 0.306 e. The molecule has 2 unspecified atom stereocenters. The van der Waals surface area contributed by atoms with E-state index in [9.17, 15) is 37.9 Å². The molecule has 1 rings (SSSR count). The lowest BCUT2D eigenvalue weighted by atomic mass is 10.00. The van der Waals surface area contributed by atoms with Crippen LogP contribution in [0.25, 0.3) is 0 Å². The topological polar surface area (TPSA) is 186 Å². The Labute approximate surface area is 361 Å². The van der Waals surface area contributed by atoms with Crippen molar-refractivity contribution >= 4 is 22.1 Å². The van der Waals surface area contributed by atoms with Crippen LogP contribution in [0.3, 0.4) is 0 Å². The molecule has 1 aliphatic heterocycles. The molecule has 0 bridgehead atoms. The average molecular weight is 867 g/mol. The van der Waals surface area contributed by atoms with Crippen molar-refractivity contribution < 1.29 is 56.8 Å². The van der Waals surface area contributed by atoms with E-state index in [0.29, 0.717) is 12.8 Å². The maximum Gasteiger partial charge on any atom is 0.306 e. The third kappa shape index (κ3) is 31.0. The van der Waals surface area contributed by atoms with Gasteiger partial charge in [-0.2, -0.15) is 8.42 Å². The number of aliphatic hydroxyl groups excluding tert-OH is 3. The number of carbonyl (C=O) groups is 2. The molecule has 1 fully saturated rings. The highest BCUT2D eigenvalue weighted by atomic mass is 32.2. The van der Waals surface area contributed by atoms with Gasteiger partial charge in [0.05, 0.1) is 6.61 Å². The molecule has 0 saturated carbocycles. The van der Waals surface area contributed by atoms with Gasteiger partial charge in [0.1, 0.15) is 36.8 Å². The van der Waals surface area contributed by atoms with Gasteiger partial charge < -0.3 is 34.3 Å². The van der Waals surface area contributed by atoms with E-state index in [1.165, 1.54) is 57.8 Å². The van der Waals surface area contributed by atoms with Crippen molar-refractivity contribution in [3.8, 4) is 0 Å². The predicted octanol–water partition coefficient (Wildman–Crippen LogP) is 9.11. The van der Waals surface area contributed by atoms with E-state index >= 15 is 0 Å². The molecule has 1 saturated heterocycles. The zero-order chi connectivity index (χ0) is 44.1. The van der Waals surface area contributed by atoms with Gasteiger partial charge in [-0.1, -0.05) is 138 Å². The van der Waals surface area contributed by atoms with Crippen LogP contribution in [0.2, 0.25) is 0 Å². The molecular weight excluding hydrogens is 789 g/mol. The molecule has 0 aromatic carbocycles. The minimum atomic E-state index is -4.61. The molecule has 13 heteroatoms. The van der Waals surface area contributed by atoms with Crippen molar-refractivity contribution in [3.63, 3.8) is 0 Å². The Hall–Kier alpha value is -2.91. The van der Waals surface area contributed by atoms with Crippen molar-refractivity contribution in [2.24, 2.45) is 0 Å². The van der Waals surface area contributed by atoms with Gasteiger partial charge in [-0.15, -0.1) is 0 Å². The summed E-state index contributed by atoms with van der Waals surface area (Å²) in [6.45, 7) is 3.63. The van der Waals surface area contributed by atoms with Gasteiger partial charge in [0.25, 0.3) is 10.1 Å². The zero-order valence-corrected chi connectivity index (χ0v) is 37.3. The monoisotopic (exact) mass is 867 g/mol. The SMILES string of the molecule is CCCCC/C=C/C/C=C/C/C=C/C/C=C/C/C=C/CCC(=O)OC[C@H](CO[C@H]1O[C@H](CS(=O)(=O)O)[C@@H](O)C(O)C1O)OC(=O)CCCCC/C=C/CCCCCCCC. The largest absolute Gasteiger partial charge is 0.462 e. The third-order valence-electron chi connectivity index (χ3n) is 9.77. The number of hydrogen-bond donors (Lipinski definition) is 4. The minimum Gasteiger partial charge on any atom is -0.462 e. The molecule has 0 aliphatic carbocycles. The first kappa shape index (κ1) is 55.1. The summed E-state index contributed by atoms with van der Waals surface area (Å²) in [7, 11) is -4.61.